The van der Waals surface area contributed by atoms with Crippen LogP contribution in [0.4, 0.5) is 13.2 Å². The standard InChI is InChI=1S/C7H11F3O/c1-2-3-4-5-6(11)7(8,9)10/h3-4,6,11H,2,5H2,1H3/b4-3+. The number of halogens is 3. The zero-order valence-corrected chi connectivity index (χ0v) is 6.23. The molecule has 1 N–H and O–H groups in total. The van der Waals surface area contributed by atoms with Gasteiger partial charge in [0.1, 0.15) is 0 Å². The molecule has 0 aromatic carbocycles. The monoisotopic (exact) mass is 168 g/mol. The molecule has 0 heterocycles. The number of alkyl halides is 3. The first-order valence-corrected chi connectivity index (χ1v) is 3.38. The molecule has 1 atom stereocenters. The number of rotatable bonds is 3. The number of hydrogen-bond acceptors (Lipinski definition) is 1. The molecule has 0 saturated carbocycles. The molecule has 1 nitrogen and oxygen atoms in total. The first kappa shape index (κ1) is 10.5. The van der Waals surface area contributed by atoms with Gasteiger partial charge in [0.25, 0.3) is 0 Å². The summed E-state index contributed by atoms with van der Waals surface area (Å²) < 4.78 is 34.8. The van der Waals surface area contributed by atoms with E-state index in [1.165, 1.54) is 6.08 Å². The van der Waals surface area contributed by atoms with Crippen LogP contribution >= 0.6 is 0 Å². The molecular weight excluding hydrogens is 157 g/mol. The SMILES string of the molecule is CC/C=C/CC(O)C(F)(F)F. The summed E-state index contributed by atoms with van der Waals surface area (Å²) in [6, 6.07) is 0. The topological polar surface area (TPSA) is 20.2 Å². The second-order valence-corrected chi connectivity index (χ2v) is 2.17. The maximum absolute atomic E-state index is 11.6. The lowest BCUT2D eigenvalue weighted by atomic mass is 10.2. The van der Waals surface area contributed by atoms with E-state index in [4.69, 9.17) is 5.11 Å². The van der Waals surface area contributed by atoms with Crippen LogP contribution in [0.1, 0.15) is 19.8 Å². The van der Waals surface area contributed by atoms with Crippen molar-refractivity contribution in [2.24, 2.45) is 0 Å². The van der Waals surface area contributed by atoms with Crippen LogP contribution in [0.5, 0.6) is 0 Å². The van der Waals surface area contributed by atoms with Gasteiger partial charge in [-0.1, -0.05) is 19.1 Å². The van der Waals surface area contributed by atoms with Crippen molar-refractivity contribution in [3.05, 3.63) is 12.2 Å². The van der Waals surface area contributed by atoms with Gasteiger partial charge in [0.2, 0.25) is 0 Å². The molecule has 0 bridgehead atoms. The molecule has 0 aliphatic rings. The second-order valence-electron chi connectivity index (χ2n) is 2.17. The van der Waals surface area contributed by atoms with E-state index in [1.807, 2.05) is 6.92 Å². The van der Waals surface area contributed by atoms with Crippen LogP contribution in [0.2, 0.25) is 0 Å². The number of hydrogen-bond donors (Lipinski definition) is 1. The zero-order valence-electron chi connectivity index (χ0n) is 6.23. The molecule has 0 aromatic rings. The third-order valence-electron chi connectivity index (χ3n) is 1.14. The third kappa shape index (κ3) is 4.84. The quantitative estimate of drug-likeness (QED) is 0.641. The Hall–Kier alpha value is -0.510. The van der Waals surface area contributed by atoms with Gasteiger partial charge < -0.3 is 5.11 Å². The van der Waals surface area contributed by atoms with E-state index < -0.39 is 12.3 Å². The summed E-state index contributed by atoms with van der Waals surface area (Å²) in [6.07, 6.45) is -3.45. The molecule has 0 aliphatic heterocycles. The van der Waals surface area contributed by atoms with E-state index in [0.29, 0.717) is 6.42 Å². The van der Waals surface area contributed by atoms with Crippen molar-refractivity contribution in [2.75, 3.05) is 0 Å². The summed E-state index contributed by atoms with van der Waals surface area (Å²) in [5.74, 6) is 0. The lowest BCUT2D eigenvalue weighted by Gasteiger charge is -2.11. The fourth-order valence-corrected chi connectivity index (χ4v) is 0.525. The van der Waals surface area contributed by atoms with Crippen LogP contribution in [0.3, 0.4) is 0 Å². The smallest absolute Gasteiger partial charge is 0.383 e. The molecule has 0 saturated heterocycles. The van der Waals surface area contributed by atoms with Crippen molar-refractivity contribution in [3.8, 4) is 0 Å². The maximum atomic E-state index is 11.6. The number of allylic oxidation sites excluding steroid dienone is 1. The molecule has 0 spiro atoms. The van der Waals surface area contributed by atoms with Gasteiger partial charge in [-0.2, -0.15) is 13.2 Å². The molecule has 0 rings (SSSR count). The van der Waals surface area contributed by atoms with Crippen molar-refractivity contribution in [1.29, 1.82) is 0 Å². The minimum Gasteiger partial charge on any atom is -0.383 e. The van der Waals surface area contributed by atoms with Crippen LogP contribution in [0.25, 0.3) is 0 Å². The van der Waals surface area contributed by atoms with Crippen molar-refractivity contribution < 1.29 is 18.3 Å². The number of aliphatic hydroxyl groups is 1. The van der Waals surface area contributed by atoms with Gasteiger partial charge in [-0.05, 0) is 6.42 Å². The van der Waals surface area contributed by atoms with E-state index >= 15 is 0 Å². The van der Waals surface area contributed by atoms with E-state index in [0.717, 1.165) is 0 Å². The normalized spacial score (nSPS) is 15.7. The molecule has 0 radical (unpaired) electrons. The molecule has 4 heteroatoms. The predicted octanol–water partition coefficient (Wildman–Crippen LogP) is 2.27. The molecule has 0 aliphatic carbocycles. The summed E-state index contributed by atoms with van der Waals surface area (Å²) >= 11 is 0. The summed E-state index contributed by atoms with van der Waals surface area (Å²) in [6.45, 7) is 1.82. The highest BCUT2D eigenvalue weighted by molar-refractivity contribution is 4.84. The van der Waals surface area contributed by atoms with Gasteiger partial charge in [0.15, 0.2) is 6.10 Å². The fourth-order valence-electron chi connectivity index (χ4n) is 0.525. The first-order valence-electron chi connectivity index (χ1n) is 3.38. The Balaban J connectivity index is 3.69. The minimum atomic E-state index is -4.49. The van der Waals surface area contributed by atoms with Gasteiger partial charge in [-0.3, -0.25) is 0 Å². The van der Waals surface area contributed by atoms with Gasteiger partial charge in [-0.15, -0.1) is 0 Å². The lowest BCUT2D eigenvalue weighted by molar-refractivity contribution is -0.202. The van der Waals surface area contributed by atoms with Gasteiger partial charge >= 0.3 is 6.18 Å². The Labute approximate surface area is 63.5 Å². The van der Waals surface area contributed by atoms with E-state index in [-0.39, 0.29) is 6.42 Å². The first-order chi connectivity index (χ1) is 4.98. The Morgan fingerprint density at radius 3 is 2.27 bits per heavy atom. The van der Waals surface area contributed by atoms with Gasteiger partial charge in [-0.25, -0.2) is 0 Å². The largest absolute Gasteiger partial charge is 0.414 e. The van der Waals surface area contributed by atoms with E-state index in [1.54, 1.807) is 6.08 Å². The second kappa shape index (κ2) is 4.38. The summed E-state index contributed by atoms with van der Waals surface area (Å²) in [4.78, 5) is 0. The van der Waals surface area contributed by atoms with E-state index in [9.17, 15) is 13.2 Å². The molecule has 1 unspecified atom stereocenters. The molecular formula is C7H11F3O. The summed E-state index contributed by atoms with van der Waals surface area (Å²) in [5.41, 5.74) is 0. The van der Waals surface area contributed by atoms with Crippen molar-refractivity contribution in [1.82, 2.24) is 0 Å². The fraction of sp³-hybridized carbons (Fsp3) is 0.714. The maximum Gasteiger partial charge on any atom is 0.414 e. The average Bonchev–Trinajstić information content (AvgIpc) is 1.86. The highest BCUT2D eigenvalue weighted by Gasteiger charge is 2.36. The summed E-state index contributed by atoms with van der Waals surface area (Å²) in [7, 11) is 0. The molecule has 0 amide bonds. The summed E-state index contributed by atoms with van der Waals surface area (Å²) in [5, 5.41) is 8.44. The van der Waals surface area contributed by atoms with Crippen LogP contribution in [-0.2, 0) is 0 Å². The molecule has 0 aromatic heterocycles. The third-order valence-corrected chi connectivity index (χ3v) is 1.14. The van der Waals surface area contributed by atoms with Crippen LogP contribution < -0.4 is 0 Å². The molecule has 66 valence electrons. The van der Waals surface area contributed by atoms with Crippen molar-refractivity contribution in [2.45, 2.75) is 32.0 Å². The lowest BCUT2D eigenvalue weighted by Crippen LogP contribution is -2.27. The van der Waals surface area contributed by atoms with Crippen LogP contribution in [0.15, 0.2) is 12.2 Å². The molecule has 0 fully saturated rings. The predicted molar refractivity (Wildman–Crippen MR) is 36.1 cm³/mol. The highest BCUT2D eigenvalue weighted by Crippen LogP contribution is 2.22. The van der Waals surface area contributed by atoms with Crippen molar-refractivity contribution in [3.63, 3.8) is 0 Å². The van der Waals surface area contributed by atoms with Gasteiger partial charge in [0.05, 0.1) is 0 Å². The Bertz CT molecular complexity index is 128. The average molecular weight is 168 g/mol. The van der Waals surface area contributed by atoms with E-state index in [2.05, 4.69) is 0 Å². The highest BCUT2D eigenvalue weighted by atomic mass is 19.4. The van der Waals surface area contributed by atoms with Gasteiger partial charge in [0, 0.05) is 6.42 Å². The Kier molecular flexibility index (Phi) is 4.18. The Morgan fingerprint density at radius 2 is 1.91 bits per heavy atom. The minimum absolute atomic E-state index is 0.350. The zero-order chi connectivity index (χ0) is 8.91. The molecule has 11 heavy (non-hydrogen) atoms. The Morgan fingerprint density at radius 1 is 1.36 bits per heavy atom. The number of aliphatic hydroxyl groups excluding tert-OH is 1. The van der Waals surface area contributed by atoms with Crippen molar-refractivity contribution >= 4 is 0 Å². The van der Waals surface area contributed by atoms with Crippen LogP contribution in [0, 0.1) is 0 Å². The van der Waals surface area contributed by atoms with Crippen LogP contribution in [-0.4, -0.2) is 17.4 Å².